The Morgan fingerprint density at radius 3 is 2.00 bits per heavy atom. The predicted molar refractivity (Wildman–Crippen MR) is 47.8 cm³/mol. The maximum atomic E-state index is 8.62. The molecule has 6 nitrogen and oxygen atoms in total. The molecule has 0 aliphatic rings. The van der Waals surface area contributed by atoms with Crippen molar-refractivity contribution < 1.29 is 24.6 Å². The Bertz CT molecular complexity index is 125. The lowest BCUT2D eigenvalue weighted by Crippen LogP contribution is -2.39. The number of aliphatic hydroxyl groups excluding tert-OH is 2. The summed E-state index contributed by atoms with van der Waals surface area (Å²) in [6.07, 6.45) is 0.395. The van der Waals surface area contributed by atoms with Crippen LogP contribution in [0, 0.1) is 0 Å². The van der Waals surface area contributed by atoms with Crippen LogP contribution in [0.1, 0.15) is 6.42 Å². The summed E-state index contributed by atoms with van der Waals surface area (Å²) < 4.78 is 0. The molecule has 0 aromatic rings. The Kier molecular flexibility index (Phi) is 6.42. The molecule has 0 radical (unpaired) electrons. The second kappa shape index (κ2) is 6.43. The van der Waals surface area contributed by atoms with Gasteiger partial charge in [-0.2, -0.15) is 0 Å². The molecule has 0 aliphatic heterocycles. The molecule has 0 spiro atoms. The average Bonchev–Trinajstić information content (AvgIpc) is 2.03. The van der Waals surface area contributed by atoms with E-state index >= 15 is 0 Å². The van der Waals surface area contributed by atoms with Crippen LogP contribution in [0.3, 0.4) is 0 Å². The monoisotopic (exact) mass is 211 g/mol. The molecule has 0 heterocycles. The van der Waals surface area contributed by atoms with Crippen molar-refractivity contribution >= 4 is 8.80 Å². The summed E-state index contributed by atoms with van der Waals surface area (Å²) in [5, 5.41) is 20.0. The minimum atomic E-state index is -3.91. The molecule has 7 heteroatoms. The van der Waals surface area contributed by atoms with Crippen molar-refractivity contribution in [1.29, 1.82) is 0 Å². The van der Waals surface area contributed by atoms with Crippen molar-refractivity contribution in [3.8, 4) is 0 Å². The van der Waals surface area contributed by atoms with Crippen molar-refractivity contribution in [2.24, 2.45) is 0 Å². The Morgan fingerprint density at radius 2 is 1.62 bits per heavy atom. The normalized spacial score (nSPS) is 12.5. The fraction of sp³-hybridized carbons (Fsp3) is 1.00. The maximum Gasteiger partial charge on any atom is 0.492 e. The van der Waals surface area contributed by atoms with Gasteiger partial charge in [-0.3, -0.25) is 0 Å². The summed E-state index contributed by atoms with van der Waals surface area (Å²) in [6.45, 7) is 0.0785. The van der Waals surface area contributed by atoms with E-state index in [9.17, 15) is 0 Å². The molecule has 0 bridgehead atoms. The highest BCUT2D eigenvalue weighted by Gasteiger charge is 2.25. The lowest BCUT2D eigenvalue weighted by atomic mass is 10.3. The molecule has 0 aliphatic carbocycles. The van der Waals surface area contributed by atoms with Crippen LogP contribution in [0.5, 0.6) is 0 Å². The fourth-order valence-electron chi connectivity index (χ4n) is 0.819. The standard InChI is InChI=1S/C6H17NO5Si/c8-4-6(5-9)7-2-1-3-13(10,11)12/h6-12H,1-5H2. The van der Waals surface area contributed by atoms with Gasteiger partial charge in [0.25, 0.3) is 0 Å². The molecule has 0 saturated heterocycles. The highest BCUT2D eigenvalue weighted by Crippen LogP contribution is 1.99. The second-order valence-corrected chi connectivity index (χ2v) is 4.94. The van der Waals surface area contributed by atoms with Crippen LogP contribution in [-0.4, -0.2) is 59.2 Å². The van der Waals surface area contributed by atoms with E-state index in [0.29, 0.717) is 13.0 Å². The number of nitrogens with one attached hydrogen (secondary N) is 1. The Labute approximate surface area is 77.8 Å². The second-order valence-electron chi connectivity index (χ2n) is 2.89. The van der Waals surface area contributed by atoms with Gasteiger partial charge in [0, 0.05) is 6.04 Å². The molecule has 80 valence electrons. The van der Waals surface area contributed by atoms with E-state index in [1.807, 2.05) is 0 Å². The lowest BCUT2D eigenvalue weighted by Gasteiger charge is -2.14. The van der Waals surface area contributed by atoms with Crippen LogP contribution in [0.25, 0.3) is 0 Å². The third-order valence-corrected chi connectivity index (χ3v) is 2.59. The Balaban J connectivity index is 3.34. The van der Waals surface area contributed by atoms with Crippen molar-refractivity contribution in [2.45, 2.75) is 18.5 Å². The van der Waals surface area contributed by atoms with Gasteiger partial charge in [-0.05, 0) is 13.0 Å². The van der Waals surface area contributed by atoms with Crippen molar-refractivity contribution in [3.63, 3.8) is 0 Å². The summed E-state index contributed by atoms with van der Waals surface area (Å²) >= 11 is 0. The molecule has 0 atom stereocenters. The first-order valence-electron chi connectivity index (χ1n) is 4.12. The van der Waals surface area contributed by atoms with E-state index in [4.69, 9.17) is 24.6 Å². The third kappa shape index (κ3) is 8.31. The topological polar surface area (TPSA) is 113 Å². The molecule has 0 aromatic heterocycles. The molecule has 0 amide bonds. The van der Waals surface area contributed by atoms with Crippen LogP contribution >= 0.6 is 0 Å². The van der Waals surface area contributed by atoms with E-state index in [0.717, 1.165) is 0 Å². The highest BCUT2D eigenvalue weighted by molar-refractivity contribution is 6.56. The van der Waals surface area contributed by atoms with Gasteiger partial charge in [0.05, 0.1) is 19.3 Å². The Morgan fingerprint density at radius 1 is 1.08 bits per heavy atom. The summed E-state index contributed by atoms with van der Waals surface area (Å²) in [7, 11) is -3.91. The summed E-state index contributed by atoms with van der Waals surface area (Å²) in [6, 6.07) is -0.420. The van der Waals surface area contributed by atoms with Crippen LogP contribution in [-0.2, 0) is 0 Å². The summed E-state index contributed by atoms with van der Waals surface area (Å²) in [5.41, 5.74) is 0. The third-order valence-electron chi connectivity index (χ3n) is 1.56. The number of hydrogen-bond acceptors (Lipinski definition) is 6. The van der Waals surface area contributed by atoms with Gasteiger partial charge in [-0.1, -0.05) is 0 Å². The number of hydrogen-bond donors (Lipinski definition) is 6. The molecule has 0 rings (SSSR count). The molecule has 0 saturated carbocycles. The summed E-state index contributed by atoms with van der Waals surface area (Å²) in [4.78, 5) is 25.9. The summed E-state index contributed by atoms with van der Waals surface area (Å²) in [5.74, 6) is 0. The largest absolute Gasteiger partial charge is 0.492 e. The van der Waals surface area contributed by atoms with Crippen molar-refractivity contribution in [2.75, 3.05) is 19.8 Å². The van der Waals surface area contributed by atoms with Crippen LogP contribution < -0.4 is 5.32 Å². The first-order chi connectivity index (χ1) is 5.99. The first-order valence-corrected chi connectivity index (χ1v) is 6.16. The zero-order valence-electron chi connectivity index (χ0n) is 7.35. The van der Waals surface area contributed by atoms with Gasteiger partial charge in [0.2, 0.25) is 0 Å². The van der Waals surface area contributed by atoms with E-state index in [2.05, 4.69) is 5.32 Å². The molecule has 0 fully saturated rings. The fourth-order valence-corrected chi connectivity index (χ4v) is 1.47. The van der Waals surface area contributed by atoms with Crippen molar-refractivity contribution in [1.82, 2.24) is 5.32 Å². The van der Waals surface area contributed by atoms with Gasteiger partial charge in [-0.25, -0.2) is 0 Å². The smallest absolute Gasteiger partial charge is 0.395 e. The SMILES string of the molecule is OCC(CO)NCCC[Si](O)(O)O. The predicted octanol–water partition coefficient (Wildman–Crippen LogP) is -2.76. The maximum absolute atomic E-state index is 8.62. The quantitative estimate of drug-likeness (QED) is 0.201. The number of aliphatic hydroxyl groups is 2. The highest BCUT2D eigenvalue weighted by atomic mass is 28.4. The first kappa shape index (κ1) is 13.0. The van der Waals surface area contributed by atoms with E-state index < -0.39 is 8.80 Å². The van der Waals surface area contributed by atoms with Crippen LogP contribution in [0.4, 0.5) is 0 Å². The molecular formula is C6H17NO5Si. The van der Waals surface area contributed by atoms with Gasteiger partial charge >= 0.3 is 8.80 Å². The molecular weight excluding hydrogens is 194 g/mol. The zero-order valence-corrected chi connectivity index (χ0v) is 8.35. The minimum absolute atomic E-state index is 0.0381. The zero-order chi connectivity index (χ0) is 10.3. The van der Waals surface area contributed by atoms with Gasteiger partial charge in [0.1, 0.15) is 0 Å². The molecule has 0 unspecified atom stereocenters. The Hall–Kier alpha value is -0.0231. The van der Waals surface area contributed by atoms with Crippen LogP contribution in [0.15, 0.2) is 0 Å². The van der Waals surface area contributed by atoms with E-state index in [1.165, 1.54) is 0 Å². The number of rotatable bonds is 7. The lowest BCUT2D eigenvalue weighted by molar-refractivity contribution is 0.170. The van der Waals surface area contributed by atoms with Crippen molar-refractivity contribution in [3.05, 3.63) is 0 Å². The molecule has 13 heavy (non-hydrogen) atoms. The van der Waals surface area contributed by atoms with E-state index in [1.54, 1.807) is 0 Å². The van der Waals surface area contributed by atoms with Gasteiger partial charge in [0.15, 0.2) is 0 Å². The minimum Gasteiger partial charge on any atom is -0.395 e. The van der Waals surface area contributed by atoms with E-state index in [-0.39, 0.29) is 25.3 Å². The van der Waals surface area contributed by atoms with Gasteiger partial charge in [-0.15, -0.1) is 0 Å². The van der Waals surface area contributed by atoms with Gasteiger partial charge < -0.3 is 29.9 Å². The average molecular weight is 211 g/mol. The molecule has 6 N–H and O–H groups in total. The van der Waals surface area contributed by atoms with Crippen LogP contribution in [0.2, 0.25) is 6.04 Å². The molecule has 0 aromatic carbocycles.